The van der Waals surface area contributed by atoms with Crippen LogP contribution in [0, 0.1) is 0 Å². The number of carboxylic acid groups (broad SMARTS) is 1. The van der Waals surface area contributed by atoms with Crippen LogP contribution in [0.1, 0.15) is 29.2 Å². The molecule has 0 spiro atoms. The van der Waals surface area contributed by atoms with Crippen LogP contribution in [-0.2, 0) is 13.0 Å². The van der Waals surface area contributed by atoms with Gasteiger partial charge >= 0.3 is 6.09 Å². The largest absolute Gasteiger partial charge is 0.493 e. The lowest BCUT2D eigenvalue weighted by molar-refractivity contribution is 0.0404. The second-order valence-corrected chi connectivity index (χ2v) is 8.03. The Labute approximate surface area is 177 Å². The molecule has 160 valence electrons. The van der Waals surface area contributed by atoms with Gasteiger partial charge in [0.1, 0.15) is 0 Å². The fourth-order valence-electron chi connectivity index (χ4n) is 4.84. The molecule has 0 aromatic heterocycles. The van der Waals surface area contributed by atoms with Crippen molar-refractivity contribution in [2.75, 3.05) is 27.3 Å². The van der Waals surface area contributed by atoms with Gasteiger partial charge in [-0.05, 0) is 41.7 Å². The monoisotopic (exact) mass is 411 g/mol. The van der Waals surface area contributed by atoms with Crippen molar-refractivity contribution in [2.24, 2.45) is 5.73 Å². The normalized spacial score (nSPS) is 23.2. The van der Waals surface area contributed by atoms with E-state index in [0.29, 0.717) is 25.3 Å². The fourth-order valence-corrected chi connectivity index (χ4v) is 4.84. The van der Waals surface area contributed by atoms with Crippen molar-refractivity contribution in [2.45, 2.75) is 37.5 Å². The van der Waals surface area contributed by atoms with E-state index >= 15 is 0 Å². The summed E-state index contributed by atoms with van der Waals surface area (Å²) in [6.07, 6.45) is 0.634. The van der Waals surface area contributed by atoms with Crippen molar-refractivity contribution in [1.82, 2.24) is 9.80 Å². The molecule has 0 radical (unpaired) electrons. The molecule has 7 nitrogen and oxygen atoms in total. The van der Waals surface area contributed by atoms with E-state index in [1.807, 2.05) is 42.5 Å². The summed E-state index contributed by atoms with van der Waals surface area (Å²) in [6.45, 7) is 1.90. The molecule has 30 heavy (non-hydrogen) atoms. The van der Waals surface area contributed by atoms with E-state index < -0.39 is 6.09 Å². The van der Waals surface area contributed by atoms with Gasteiger partial charge in [-0.3, -0.25) is 9.80 Å². The number of carbonyl (C=O) groups is 1. The summed E-state index contributed by atoms with van der Waals surface area (Å²) in [5, 5.41) is 9.97. The van der Waals surface area contributed by atoms with Gasteiger partial charge in [0.25, 0.3) is 0 Å². The van der Waals surface area contributed by atoms with Gasteiger partial charge in [0.2, 0.25) is 0 Å². The fraction of sp³-hybridized carbons (Fsp3) is 0.435. The Kier molecular flexibility index (Phi) is 5.83. The molecule has 0 saturated carbocycles. The zero-order valence-electron chi connectivity index (χ0n) is 17.5. The maximum absolute atomic E-state index is 12.2. The minimum absolute atomic E-state index is 0.107. The van der Waals surface area contributed by atoms with E-state index in [9.17, 15) is 9.90 Å². The van der Waals surface area contributed by atoms with E-state index in [1.165, 1.54) is 16.0 Å². The van der Waals surface area contributed by atoms with Crippen LogP contribution in [0.2, 0.25) is 0 Å². The predicted octanol–water partition coefficient (Wildman–Crippen LogP) is 2.88. The average molecular weight is 412 g/mol. The molecule has 3 atom stereocenters. The summed E-state index contributed by atoms with van der Waals surface area (Å²) in [6, 6.07) is 13.4. The molecule has 3 unspecified atom stereocenters. The number of piperidine rings is 1. The maximum Gasteiger partial charge on any atom is 0.407 e. The Morgan fingerprint density at radius 1 is 1.20 bits per heavy atom. The molecule has 1 saturated heterocycles. The number of hydrogen-bond donors (Lipinski definition) is 2. The second-order valence-electron chi connectivity index (χ2n) is 8.03. The first kappa shape index (κ1) is 20.5. The first-order valence-electron chi connectivity index (χ1n) is 10.3. The molecule has 2 aromatic carbocycles. The Balaban J connectivity index is 1.64. The van der Waals surface area contributed by atoms with E-state index in [0.717, 1.165) is 24.3 Å². The highest BCUT2D eigenvalue weighted by Gasteiger charge is 2.41. The van der Waals surface area contributed by atoms with Crippen molar-refractivity contribution in [3.8, 4) is 11.5 Å². The smallest absolute Gasteiger partial charge is 0.407 e. The molecule has 4 rings (SSSR count). The van der Waals surface area contributed by atoms with Crippen LogP contribution in [0.3, 0.4) is 0 Å². The second kappa shape index (κ2) is 8.53. The minimum atomic E-state index is -0.934. The quantitative estimate of drug-likeness (QED) is 0.787. The number of fused-ring (bicyclic) bond motifs is 3. The third-order valence-corrected chi connectivity index (χ3v) is 6.36. The topological polar surface area (TPSA) is 88.3 Å². The lowest BCUT2D eigenvalue weighted by Gasteiger charge is -2.48. The summed E-state index contributed by atoms with van der Waals surface area (Å²) < 4.78 is 11.0. The number of benzene rings is 2. The summed E-state index contributed by atoms with van der Waals surface area (Å²) in [5.41, 5.74) is 9.88. The van der Waals surface area contributed by atoms with Crippen LogP contribution in [0.4, 0.5) is 4.79 Å². The third-order valence-electron chi connectivity index (χ3n) is 6.36. The first-order chi connectivity index (χ1) is 14.5. The number of amides is 1. The van der Waals surface area contributed by atoms with Gasteiger partial charge in [-0.1, -0.05) is 30.3 Å². The molecule has 2 aromatic rings. The van der Waals surface area contributed by atoms with Crippen LogP contribution < -0.4 is 15.2 Å². The molecule has 1 fully saturated rings. The Morgan fingerprint density at radius 3 is 2.57 bits per heavy atom. The molecule has 7 heteroatoms. The van der Waals surface area contributed by atoms with E-state index in [4.69, 9.17) is 15.2 Å². The number of ether oxygens (including phenoxy) is 2. The van der Waals surface area contributed by atoms with Gasteiger partial charge in [0.15, 0.2) is 11.5 Å². The Bertz CT molecular complexity index is 905. The summed E-state index contributed by atoms with van der Waals surface area (Å²) in [7, 11) is 3.28. The predicted molar refractivity (Wildman–Crippen MR) is 114 cm³/mol. The molecule has 2 aliphatic heterocycles. The first-order valence-corrected chi connectivity index (χ1v) is 10.3. The van der Waals surface area contributed by atoms with E-state index in [1.54, 1.807) is 14.2 Å². The lowest BCUT2D eigenvalue weighted by Crippen LogP contribution is -2.60. The zero-order valence-corrected chi connectivity index (χ0v) is 17.5. The molecular weight excluding hydrogens is 382 g/mol. The van der Waals surface area contributed by atoms with Gasteiger partial charge in [-0.15, -0.1) is 0 Å². The third kappa shape index (κ3) is 3.82. The molecular formula is C23H29N3O4. The van der Waals surface area contributed by atoms with E-state index in [2.05, 4.69) is 4.90 Å². The van der Waals surface area contributed by atoms with Crippen molar-refractivity contribution in [1.29, 1.82) is 0 Å². The van der Waals surface area contributed by atoms with Crippen molar-refractivity contribution < 1.29 is 19.4 Å². The molecule has 2 heterocycles. The summed E-state index contributed by atoms with van der Waals surface area (Å²) in [4.78, 5) is 16.0. The summed E-state index contributed by atoms with van der Waals surface area (Å²) in [5.74, 6) is 1.42. The Hall–Kier alpha value is -2.77. The molecule has 2 aliphatic rings. The molecule has 0 bridgehead atoms. The van der Waals surface area contributed by atoms with Crippen molar-refractivity contribution in [3.63, 3.8) is 0 Å². The molecule has 1 amide bonds. The van der Waals surface area contributed by atoms with Crippen LogP contribution in [0.25, 0.3) is 0 Å². The highest BCUT2D eigenvalue weighted by Crippen LogP contribution is 2.42. The van der Waals surface area contributed by atoms with Crippen molar-refractivity contribution in [3.05, 3.63) is 59.2 Å². The number of rotatable bonds is 5. The van der Waals surface area contributed by atoms with Crippen molar-refractivity contribution >= 4 is 6.09 Å². The van der Waals surface area contributed by atoms with Crippen LogP contribution in [-0.4, -0.2) is 60.4 Å². The average Bonchev–Trinajstić information content (AvgIpc) is 2.76. The number of methoxy groups -OCH3 is 2. The van der Waals surface area contributed by atoms with Gasteiger partial charge in [-0.25, -0.2) is 4.79 Å². The van der Waals surface area contributed by atoms with Gasteiger partial charge in [-0.2, -0.15) is 0 Å². The zero-order chi connectivity index (χ0) is 21.3. The number of nitrogens with two attached hydrogens (primary N) is 1. The highest BCUT2D eigenvalue weighted by atomic mass is 16.5. The van der Waals surface area contributed by atoms with Gasteiger partial charge in [0, 0.05) is 31.7 Å². The standard InChI is InChI=1S/C23H29N3O4/c1-29-21-10-16-8-9-25-14-18(24)20(12-19(25)17(16)11-22(21)30-2)26(23(27)28)13-15-6-4-3-5-7-15/h3-7,10-11,18-20H,8-9,12-14,24H2,1-2H3,(H,27,28). The van der Waals surface area contributed by atoms with Crippen LogP contribution >= 0.6 is 0 Å². The number of hydrogen-bond acceptors (Lipinski definition) is 5. The minimum Gasteiger partial charge on any atom is -0.493 e. The SMILES string of the molecule is COc1cc2c(cc1OC)C1CC(N(Cc3ccccc3)C(=O)O)C(N)CN1CC2. The summed E-state index contributed by atoms with van der Waals surface area (Å²) >= 11 is 0. The molecule has 3 N–H and O–H groups in total. The number of nitrogens with zero attached hydrogens (tertiary/aromatic N) is 2. The highest BCUT2D eigenvalue weighted by molar-refractivity contribution is 5.65. The Morgan fingerprint density at radius 2 is 1.90 bits per heavy atom. The van der Waals surface area contributed by atoms with Gasteiger partial charge < -0.3 is 20.3 Å². The maximum atomic E-state index is 12.2. The molecule has 0 aliphatic carbocycles. The lowest BCUT2D eigenvalue weighted by atomic mass is 9.82. The van der Waals surface area contributed by atoms with Gasteiger partial charge in [0.05, 0.1) is 20.3 Å². The van der Waals surface area contributed by atoms with Crippen LogP contribution in [0.15, 0.2) is 42.5 Å². The van der Waals surface area contributed by atoms with Crippen LogP contribution in [0.5, 0.6) is 11.5 Å². The van der Waals surface area contributed by atoms with E-state index in [-0.39, 0.29) is 18.1 Å².